The minimum atomic E-state index is 0.468. The zero-order valence-corrected chi connectivity index (χ0v) is 4.80. The van der Waals surface area contributed by atoms with Crippen LogP contribution in [0.25, 0.3) is 0 Å². The summed E-state index contributed by atoms with van der Waals surface area (Å²) in [4.78, 5) is 0. The molecule has 0 aliphatic heterocycles. The van der Waals surface area contributed by atoms with Crippen LogP contribution in [0.1, 0.15) is 14.2 Å². The average Bonchev–Trinajstić information content (AvgIpc) is 1.90. The van der Waals surface area contributed by atoms with Crippen LogP contribution < -0.4 is 0 Å². The Bertz CT molecular complexity index is 179. The predicted molar refractivity (Wildman–Crippen MR) is 34.5 cm³/mol. The topological polar surface area (TPSA) is 0 Å². The maximum atomic E-state index is 7.47. The number of allylic oxidation sites excluding steroid dienone is 4. The lowest BCUT2D eigenvalue weighted by Crippen LogP contribution is -2.10. The van der Waals surface area contributed by atoms with Gasteiger partial charge in [-0.3, -0.25) is 0 Å². The minimum absolute atomic E-state index is 0.468. The van der Waals surface area contributed by atoms with E-state index in [-0.39, 0.29) is 0 Å². The van der Waals surface area contributed by atoms with Gasteiger partial charge >= 0.3 is 0 Å². The Morgan fingerprint density at radius 2 is 1.88 bits per heavy atom. The van der Waals surface area contributed by atoms with Crippen molar-refractivity contribution >= 4 is 0 Å². The molecular formula is C8H10. The van der Waals surface area contributed by atoms with Crippen LogP contribution in [0.3, 0.4) is 0 Å². The smallest absolute Gasteiger partial charge is 0.0579 e. The van der Waals surface area contributed by atoms with Crippen LogP contribution in [0.4, 0.5) is 0 Å². The zero-order valence-electron chi connectivity index (χ0n) is 5.80. The van der Waals surface area contributed by atoms with E-state index in [1.54, 1.807) is 0 Å². The zero-order chi connectivity index (χ0) is 6.27. The Kier molecular flexibility index (Phi) is 0.645. The maximum Gasteiger partial charge on any atom is 0.0579 e. The molecule has 0 N–H and O–H groups in total. The summed E-state index contributed by atoms with van der Waals surface area (Å²) < 4.78 is 7.47. The van der Waals surface area contributed by atoms with Gasteiger partial charge in [-0.05, 0) is 24.7 Å². The van der Waals surface area contributed by atoms with Gasteiger partial charge in [0.1, 0.15) is 0 Å². The number of rotatable bonds is 0. The van der Waals surface area contributed by atoms with Gasteiger partial charge in [-0.2, -0.15) is 0 Å². The molecule has 3 aliphatic rings. The molecule has 2 atom stereocenters. The number of hydrogen-bond acceptors (Lipinski definition) is 0. The summed E-state index contributed by atoms with van der Waals surface area (Å²) in [5.74, 6) is 1.07. The summed E-state index contributed by atoms with van der Waals surface area (Å²) in [6, 6.07) is 0.841. The highest BCUT2D eigenvalue weighted by Crippen LogP contribution is 2.29. The van der Waals surface area contributed by atoms with E-state index in [1.807, 2.05) is 0 Å². The molecule has 0 heteroatoms. The molecule has 0 saturated heterocycles. The minimum Gasteiger partial charge on any atom is -0.0810 e. The van der Waals surface area contributed by atoms with Crippen LogP contribution in [0.2, 0.25) is 0 Å². The van der Waals surface area contributed by atoms with Crippen molar-refractivity contribution in [3.8, 4) is 0 Å². The van der Waals surface area contributed by atoms with E-state index in [0.29, 0.717) is 11.8 Å². The van der Waals surface area contributed by atoms with Crippen LogP contribution >= 0.6 is 0 Å². The molecule has 0 fully saturated rings. The first-order valence-electron chi connectivity index (χ1n) is 3.73. The molecule has 0 aromatic heterocycles. The molecule has 2 bridgehead atoms. The Balaban J connectivity index is 2.34. The Labute approximate surface area is 51.3 Å². The van der Waals surface area contributed by atoms with Crippen molar-refractivity contribution in [2.45, 2.75) is 12.8 Å². The Morgan fingerprint density at radius 1 is 1.12 bits per heavy atom. The molecule has 3 rings (SSSR count). The van der Waals surface area contributed by atoms with E-state index in [0.717, 1.165) is 6.05 Å². The van der Waals surface area contributed by atoms with E-state index in [1.165, 1.54) is 12.8 Å². The molecule has 0 aromatic rings. The third-order valence-electron chi connectivity index (χ3n) is 1.93. The van der Waals surface area contributed by atoms with E-state index >= 15 is 0 Å². The monoisotopic (exact) mass is 107 g/mol. The van der Waals surface area contributed by atoms with Gasteiger partial charge in [-0.15, -0.1) is 0 Å². The maximum absolute atomic E-state index is 7.47. The first-order valence-corrected chi connectivity index (χ1v) is 3.23. The molecule has 8 heavy (non-hydrogen) atoms. The van der Waals surface area contributed by atoms with Gasteiger partial charge in [-0.25, -0.2) is 0 Å². The van der Waals surface area contributed by atoms with E-state index in [2.05, 4.69) is 18.2 Å². The lowest BCUT2D eigenvalue weighted by Gasteiger charge is -2.23. The van der Waals surface area contributed by atoms with Gasteiger partial charge in [0, 0.05) is 0 Å². The van der Waals surface area contributed by atoms with Crippen molar-refractivity contribution in [1.29, 1.82) is 0 Å². The van der Waals surface area contributed by atoms with Crippen molar-refractivity contribution in [3.63, 3.8) is 0 Å². The molecule has 0 saturated carbocycles. The van der Waals surface area contributed by atoms with Crippen LogP contribution in [-0.2, 0) is 0 Å². The van der Waals surface area contributed by atoms with E-state index < -0.39 is 0 Å². The van der Waals surface area contributed by atoms with E-state index in [9.17, 15) is 0 Å². The quantitative estimate of drug-likeness (QED) is 0.416. The fourth-order valence-electron chi connectivity index (χ4n) is 1.37. The average molecular weight is 107 g/mol. The van der Waals surface area contributed by atoms with Crippen molar-refractivity contribution in [2.24, 2.45) is 11.8 Å². The second-order valence-corrected chi connectivity index (χ2v) is 2.57. The van der Waals surface area contributed by atoms with Gasteiger partial charge in [0.25, 0.3) is 0 Å². The second kappa shape index (κ2) is 1.48. The third-order valence-corrected chi connectivity index (χ3v) is 1.93. The summed E-state index contributed by atoms with van der Waals surface area (Å²) in [6.07, 6.45) is 8.96. The third kappa shape index (κ3) is 0.525. The molecule has 3 aliphatic carbocycles. The standard InChI is InChI=1S/C8H10/c1-2-8-5-3-7(1)4-6-8/h1-3,5,7-8H,4,6H2/t7-,8+/i1D/m1/s1. The predicted octanol–water partition coefficient (Wildman–Crippen LogP) is 2.14. The lowest BCUT2D eigenvalue weighted by molar-refractivity contribution is 0.530. The van der Waals surface area contributed by atoms with Crippen molar-refractivity contribution in [1.82, 2.24) is 0 Å². The molecule has 0 aromatic carbocycles. The first-order chi connectivity index (χ1) is 4.36. The Morgan fingerprint density at radius 3 is 2.12 bits per heavy atom. The molecule has 0 nitrogen and oxygen atoms in total. The second-order valence-electron chi connectivity index (χ2n) is 2.57. The molecule has 42 valence electrons. The van der Waals surface area contributed by atoms with Gasteiger partial charge in [0.2, 0.25) is 0 Å². The first kappa shape index (κ1) is 3.49. The summed E-state index contributed by atoms with van der Waals surface area (Å²) in [7, 11) is 0. The largest absolute Gasteiger partial charge is 0.0810 e. The molecular weight excluding hydrogens is 96.1 g/mol. The highest BCUT2D eigenvalue weighted by Gasteiger charge is 2.15. The van der Waals surface area contributed by atoms with Crippen LogP contribution in [0.5, 0.6) is 0 Å². The molecule has 0 radical (unpaired) electrons. The van der Waals surface area contributed by atoms with Gasteiger partial charge in [-0.1, -0.05) is 24.3 Å². The number of fused-ring (bicyclic) bond motifs is 1. The van der Waals surface area contributed by atoms with Gasteiger partial charge in [0.05, 0.1) is 1.37 Å². The summed E-state index contributed by atoms with van der Waals surface area (Å²) in [6.45, 7) is 0. The summed E-state index contributed by atoms with van der Waals surface area (Å²) in [5, 5.41) is 0. The van der Waals surface area contributed by atoms with Crippen LogP contribution in [0.15, 0.2) is 24.3 Å². The molecule has 0 amide bonds. The molecule has 0 unspecified atom stereocenters. The van der Waals surface area contributed by atoms with Gasteiger partial charge < -0.3 is 0 Å². The molecule has 0 spiro atoms. The normalized spacial score (nSPS) is 44.0. The van der Waals surface area contributed by atoms with Crippen molar-refractivity contribution in [3.05, 3.63) is 24.3 Å². The van der Waals surface area contributed by atoms with Gasteiger partial charge in [0.15, 0.2) is 0 Å². The van der Waals surface area contributed by atoms with Crippen LogP contribution in [-0.4, -0.2) is 0 Å². The fourth-order valence-corrected chi connectivity index (χ4v) is 1.37. The highest BCUT2D eigenvalue weighted by atomic mass is 14.2. The SMILES string of the molecule is [2H]C1=C[C@H]2C=C[C@@H]1CC2. The Hall–Kier alpha value is -0.520. The number of hydrogen-bond donors (Lipinski definition) is 0. The fraction of sp³-hybridized carbons (Fsp3) is 0.500. The summed E-state index contributed by atoms with van der Waals surface area (Å²) >= 11 is 0. The van der Waals surface area contributed by atoms with Crippen LogP contribution in [0, 0.1) is 11.8 Å². The van der Waals surface area contributed by atoms with Crippen molar-refractivity contribution < 1.29 is 1.37 Å². The summed E-state index contributed by atoms with van der Waals surface area (Å²) in [5.41, 5.74) is 0. The van der Waals surface area contributed by atoms with E-state index in [4.69, 9.17) is 1.37 Å². The lowest BCUT2D eigenvalue weighted by atomic mass is 9.82. The van der Waals surface area contributed by atoms with Crippen molar-refractivity contribution in [2.75, 3.05) is 0 Å². The molecule has 0 heterocycles. The highest BCUT2D eigenvalue weighted by molar-refractivity contribution is 5.17.